The molecular formula is C7H12N2OS. The van der Waals surface area contributed by atoms with E-state index in [1.165, 1.54) is 0 Å². The third-order valence-corrected chi connectivity index (χ3v) is 2.64. The number of nitrogens with one attached hydrogen (secondary N) is 1. The number of amides is 1. The average Bonchev–Trinajstić information content (AvgIpc) is 2.69. The SMILES string of the molecule is C[SH](C)C(=O)NC1(C#N)CC1. The van der Waals surface area contributed by atoms with Gasteiger partial charge in [-0.2, -0.15) is 16.2 Å². The highest BCUT2D eigenvalue weighted by Crippen LogP contribution is 2.35. The quantitative estimate of drug-likeness (QED) is 0.580. The van der Waals surface area contributed by atoms with Crippen molar-refractivity contribution < 1.29 is 4.79 Å². The van der Waals surface area contributed by atoms with Gasteiger partial charge in [-0.25, -0.2) is 0 Å². The summed E-state index contributed by atoms with van der Waals surface area (Å²) in [6.07, 6.45) is 5.41. The van der Waals surface area contributed by atoms with Crippen LogP contribution in [0.4, 0.5) is 4.79 Å². The lowest BCUT2D eigenvalue weighted by Crippen LogP contribution is -2.34. The van der Waals surface area contributed by atoms with E-state index >= 15 is 0 Å². The molecule has 4 heteroatoms. The number of rotatable bonds is 1. The van der Waals surface area contributed by atoms with Crippen molar-refractivity contribution >= 4 is 16.1 Å². The molecule has 1 rings (SSSR count). The molecule has 1 fully saturated rings. The molecule has 0 radical (unpaired) electrons. The van der Waals surface area contributed by atoms with Gasteiger partial charge in [0.1, 0.15) is 5.54 Å². The monoisotopic (exact) mass is 172 g/mol. The van der Waals surface area contributed by atoms with Crippen LogP contribution in [0.3, 0.4) is 0 Å². The largest absolute Gasteiger partial charge is 0.330 e. The van der Waals surface area contributed by atoms with Crippen LogP contribution in [-0.4, -0.2) is 23.3 Å². The van der Waals surface area contributed by atoms with E-state index in [9.17, 15) is 4.79 Å². The molecule has 0 unspecified atom stereocenters. The number of hydrogen-bond donors (Lipinski definition) is 2. The highest BCUT2D eigenvalue weighted by molar-refractivity contribution is 8.28. The van der Waals surface area contributed by atoms with Gasteiger partial charge in [0.15, 0.2) is 0 Å². The molecule has 62 valence electrons. The summed E-state index contributed by atoms with van der Waals surface area (Å²) in [5, 5.41) is 11.4. The Balaban J connectivity index is 2.44. The lowest BCUT2D eigenvalue weighted by atomic mass is 10.3. The smallest absolute Gasteiger partial charge is 0.259 e. The van der Waals surface area contributed by atoms with Crippen molar-refractivity contribution in [1.82, 2.24) is 5.32 Å². The topological polar surface area (TPSA) is 52.9 Å². The van der Waals surface area contributed by atoms with Crippen molar-refractivity contribution in [2.24, 2.45) is 0 Å². The number of nitrogens with zero attached hydrogens (tertiary/aromatic N) is 1. The number of carbonyl (C=O) groups is 1. The molecule has 0 aliphatic heterocycles. The summed E-state index contributed by atoms with van der Waals surface area (Å²) in [5.74, 6) is 0. The van der Waals surface area contributed by atoms with Gasteiger partial charge in [-0.3, -0.25) is 4.79 Å². The van der Waals surface area contributed by atoms with Crippen molar-refractivity contribution in [2.75, 3.05) is 12.5 Å². The standard InChI is InChI=1S/C7H12N2OS/c1-11(2)6(10)9-7(5-8)3-4-7/h11H,3-4H2,1-2H3,(H,9,10). The van der Waals surface area contributed by atoms with Crippen molar-refractivity contribution in [3.8, 4) is 6.07 Å². The van der Waals surface area contributed by atoms with Gasteiger partial charge in [-0.05, 0) is 25.4 Å². The van der Waals surface area contributed by atoms with E-state index in [1.807, 2.05) is 12.5 Å². The fourth-order valence-electron chi connectivity index (χ4n) is 0.706. The second kappa shape index (κ2) is 2.74. The Bertz CT molecular complexity index is 215. The summed E-state index contributed by atoms with van der Waals surface area (Å²) in [7, 11) is -0.593. The van der Waals surface area contributed by atoms with E-state index in [0.717, 1.165) is 12.8 Å². The van der Waals surface area contributed by atoms with E-state index in [2.05, 4.69) is 11.4 Å². The minimum atomic E-state index is -0.593. The van der Waals surface area contributed by atoms with Crippen molar-refractivity contribution in [1.29, 1.82) is 5.26 Å². The molecule has 11 heavy (non-hydrogen) atoms. The van der Waals surface area contributed by atoms with Crippen LogP contribution < -0.4 is 5.32 Å². The highest BCUT2D eigenvalue weighted by Gasteiger charge is 2.44. The lowest BCUT2D eigenvalue weighted by Gasteiger charge is -2.12. The summed E-state index contributed by atoms with van der Waals surface area (Å²) in [6.45, 7) is 0. The van der Waals surface area contributed by atoms with Gasteiger partial charge in [0.25, 0.3) is 5.24 Å². The molecule has 1 N–H and O–H groups in total. The van der Waals surface area contributed by atoms with E-state index < -0.39 is 16.4 Å². The number of carbonyl (C=O) groups excluding carboxylic acids is 1. The normalized spacial score (nSPS) is 19.9. The van der Waals surface area contributed by atoms with Gasteiger partial charge in [-0.15, -0.1) is 0 Å². The zero-order chi connectivity index (χ0) is 8.48. The summed E-state index contributed by atoms with van der Waals surface area (Å²) >= 11 is 0. The molecule has 0 aromatic carbocycles. The summed E-state index contributed by atoms with van der Waals surface area (Å²) in [6, 6.07) is 2.12. The predicted octanol–water partition coefficient (Wildman–Crippen LogP) is 1.01. The molecule has 1 aliphatic rings. The first-order valence-electron chi connectivity index (χ1n) is 3.50. The summed E-state index contributed by atoms with van der Waals surface area (Å²) in [5.41, 5.74) is -0.482. The third-order valence-electron chi connectivity index (χ3n) is 1.72. The van der Waals surface area contributed by atoms with E-state index in [0.29, 0.717) is 0 Å². The van der Waals surface area contributed by atoms with Gasteiger partial charge in [-0.1, -0.05) is 0 Å². The Labute approximate surface area is 69.1 Å². The Morgan fingerprint density at radius 1 is 1.64 bits per heavy atom. The highest BCUT2D eigenvalue weighted by atomic mass is 32.2. The number of hydrogen-bond acceptors (Lipinski definition) is 2. The van der Waals surface area contributed by atoms with E-state index in [-0.39, 0.29) is 5.24 Å². The molecule has 1 saturated carbocycles. The van der Waals surface area contributed by atoms with Crippen LogP contribution in [0, 0.1) is 11.3 Å². The first-order chi connectivity index (χ1) is 5.09. The fourth-order valence-corrected chi connectivity index (χ4v) is 1.14. The Hall–Kier alpha value is -0.690. The van der Waals surface area contributed by atoms with Gasteiger partial charge < -0.3 is 5.32 Å². The Kier molecular flexibility index (Phi) is 2.10. The third kappa shape index (κ3) is 1.87. The Morgan fingerprint density at radius 2 is 2.18 bits per heavy atom. The number of nitriles is 1. The molecule has 1 aliphatic carbocycles. The molecule has 3 nitrogen and oxygen atoms in total. The zero-order valence-corrected chi connectivity index (χ0v) is 7.61. The second-order valence-corrected chi connectivity index (χ2v) is 5.21. The first-order valence-corrected chi connectivity index (χ1v) is 5.74. The van der Waals surface area contributed by atoms with E-state index in [1.54, 1.807) is 0 Å². The van der Waals surface area contributed by atoms with Crippen molar-refractivity contribution in [2.45, 2.75) is 18.4 Å². The van der Waals surface area contributed by atoms with Gasteiger partial charge in [0.05, 0.1) is 6.07 Å². The fraction of sp³-hybridized carbons (Fsp3) is 0.714. The van der Waals surface area contributed by atoms with Crippen LogP contribution in [0.1, 0.15) is 12.8 Å². The predicted molar refractivity (Wildman–Crippen MR) is 46.9 cm³/mol. The molecule has 0 aromatic heterocycles. The van der Waals surface area contributed by atoms with Crippen LogP contribution >= 0.6 is 10.9 Å². The maximum Gasteiger partial charge on any atom is 0.259 e. The van der Waals surface area contributed by atoms with E-state index in [4.69, 9.17) is 5.26 Å². The molecule has 0 bridgehead atoms. The van der Waals surface area contributed by atoms with Crippen LogP contribution in [-0.2, 0) is 0 Å². The maximum absolute atomic E-state index is 11.1. The van der Waals surface area contributed by atoms with Crippen molar-refractivity contribution in [3.05, 3.63) is 0 Å². The van der Waals surface area contributed by atoms with Gasteiger partial charge in [0.2, 0.25) is 0 Å². The van der Waals surface area contributed by atoms with Crippen LogP contribution in [0.5, 0.6) is 0 Å². The minimum absolute atomic E-state index is 0.0408. The maximum atomic E-state index is 11.1. The molecule has 0 aromatic rings. The minimum Gasteiger partial charge on any atom is -0.330 e. The Morgan fingerprint density at radius 3 is 2.45 bits per heavy atom. The van der Waals surface area contributed by atoms with Gasteiger partial charge in [0, 0.05) is 0 Å². The van der Waals surface area contributed by atoms with Crippen LogP contribution in [0.15, 0.2) is 0 Å². The van der Waals surface area contributed by atoms with Crippen LogP contribution in [0.2, 0.25) is 0 Å². The second-order valence-electron chi connectivity index (χ2n) is 3.02. The number of thiol groups is 1. The first kappa shape index (κ1) is 8.41. The van der Waals surface area contributed by atoms with Crippen LogP contribution in [0.25, 0.3) is 0 Å². The average molecular weight is 172 g/mol. The summed E-state index contributed by atoms with van der Waals surface area (Å²) < 4.78 is 0. The molecular weight excluding hydrogens is 160 g/mol. The van der Waals surface area contributed by atoms with Crippen molar-refractivity contribution in [3.63, 3.8) is 0 Å². The van der Waals surface area contributed by atoms with Gasteiger partial charge >= 0.3 is 0 Å². The lowest BCUT2D eigenvalue weighted by molar-refractivity contribution is 0.258. The summed E-state index contributed by atoms with van der Waals surface area (Å²) in [4.78, 5) is 11.1. The zero-order valence-electron chi connectivity index (χ0n) is 6.72. The molecule has 0 atom stereocenters. The molecule has 0 spiro atoms. The molecule has 0 heterocycles. The molecule has 0 saturated heterocycles. The molecule has 1 amide bonds.